The molecule has 2 aliphatic rings. The topological polar surface area (TPSA) is 43.9 Å². The first-order valence-corrected chi connectivity index (χ1v) is 9.99. The Hall–Kier alpha value is -0.660. The normalized spacial score (nSPS) is 25.0. The van der Waals surface area contributed by atoms with E-state index in [9.17, 15) is 8.42 Å². The second-order valence-electron chi connectivity index (χ2n) is 6.62. The number of rotatable bonds is 3. The lowest BCUT2D eigenvalue weighted by Crippen LogP contribution is -2.53. The van der Waals surface area contributed by atoms with Crippen molar-refractivity contribution in [3.05, 3.63) is 35.9 Å². The van der Waals surface area contributed by atoms with Crippen LogP contribution in [0.4, 0.5) is 0 Å². The predicted octanol–water partition coefficient (Wildman–Crippen LogP) is 2.52. The van der Waals surface area contributed by atoms with Gasteiger partial charge in [0, 0.05) is 32.7 Å². The second kappa shape index (κ2) is 8.63. The first-order valence-electron chi connectivity index (χ1n) is 8.59. The summed E-state index contributed by atoms with van der Waals surface area (Å²) in [5, 5.41) is 0. The standard InChI is InChI=1S/C17H27N3O2S.ClH/c1-18-13-14-20(17(15-18)16-9-5-4-6-10-16)23(21,22)19-11-7-2-3-8-12-19;/h4-6,9-10,17H,2-3,7-8,11-15H2,1H3;1H. The fourth-order valence-electron chi connectivity index (χ4n) is 3.55. The summed E-state index contributed by atoms with van der Waals surface area (Å²) in [6, 6.07) is 9.93. The van der Waals surface area contributed by atoms with E-state index in [1.807, 2.05) is 30.3 Å². The molecule has 1 atom stereocenters. The average Bonchev–Trinajstić information content (AvgIpc) is 2.85. The molecule has 5 nitrogen and oxygen atoms in total. The molecule has 0 spiro atoms. The number of nitrogens with zero attached hydrogens (tertiary/aromatic N) is 3. The van der Waals surface area contributed by atoms with Crippen LogP contribution in [-0.4, -0.2) is 61.7 Å². The van der Waals surface area contributed by atoms with Crippen molar-refractivity contribution in [3.8, 4) is 0 Å². The van der Waals surface area contributed by atoms with Crippen molar-refractivity contribution in [2.24, 2.45) is 0 Å². The van der Waals surface area contributed by atoms with Gasteiger partial charge in [0.25, 0.3) is 10.2 Å². The van der Waals surface area contributed by atoms with Crippen LogP contribution in [0.2, 0.25) is 0 Å². The maximum atomic E-state index is 13.2. The number of likely N-dealkylation sites (N-methyl/N-ethyl adjacent to an activating group) is 1. The van der Waals surface area contributed by atoms with Crippen LogP contribution in [0.15, 0.2) is 30.3 Å². The zero-order valence-corrected chi connectivity index (χ0v) is 15.9. The van der Waals surface area contributed by atoms with E-state index in [1.54, 1.807) is 8.61 Å². The van der Waals surface area contributed by atoms with Gasteiger partial charge in [0.1, 0.15) is 0 Å². The Balaban J connectivity index is 0.00000208. The smallest absolute Gasteiger partial charge is 0.282 e. The average molecular weight is 374 g/mol. The zero-order chi connectivity index (χ0) is 16.3. The molecule has 1 aromatic rings. The largest absolute Gasteiger partial charge is 0.303 e. The molecular formula is C17H28ClN3O2S. The van der Waals surface area contributed by atoms with Crippen LogP contribution in [0.3, 0.4) is 0 Å². The Bertz CT molecular complexity index is 604. The van der Waals surface area contributed by atoms with Crippen LogP contribution < -0.4 is 0 Å². The predicted molar refractivity (Wildman–Crippen MR) is 99.6 cm³/mol. The molecule has 0 saturated carbocycles. The summed E-state index contributed by atoms with van der Waals surface area (Å²) in [5.41, 5.74) is 1.08. The van der Waals surface area contributed by atoms with Crippen molar-refractivity contribution in [1.29, 1.82) is 0 Å². The van der Waals surface area contributed by atoms with E-state index >= 15 is 0 Å². The van der Waals surface area contributed by atoms with E-state index in [0.29, 0.717) is 19.6 Å². The third kappa shape index (κ3) is 4.29. The number of hydrogen-bond donors (Lipinski definition) is 0. The van der Waals surface area contributed by atoms with E-state index < -0.39 is 10.2 Å². The molecule has 2 fully saturated rings. The van der Waals surface area contributed by atoms with Gasteiger partial charge in [-0.05, 0) is 25.5 Å². The van der Waals surface area contributed by atoms with Crippen molar-refractivity contribution in [2.45, 2.75) is 31.7 Å². The maximum Gasteiger partial charge on any atom is 0.282 e. The molecule has 2 aliphatic heterocycles. The molecule has 0 aliphatic carbocycles. The summed E-state index contributed by atoms with van der Waals surface area (Å²) >= 11 is 0. The third-order valence-corrected chi connectivity index (χ3v) is 6.95. The lowest BCUT2D eigenvalue weighted by Gasteiger charge is -2.41. The lowest BCUT2D eigenvalue weighted by molar-refractivity contribution is 0.152. The minimum absolute atomic E-state index is 0. The molecule has 0 N–H and O–H groups in total. The SMILES string of the molecule is CN1CCN(S(=O)(=O)N2CCCCCC2)C(c2ccccc2)C1.Cl. The van der Waals surface area contributed by atoms with Crippen molar-refractivity contribution >= 4 is 22.6 Å². The summed E-state index contributed by atoms with van der Waals surface area (Å²) in [5.74, 6) is 0. The fourth-order valence-corrected chi connectivity index (χ4v) is 5.39. The monoisotopic (exact) mass is 373 g/mol. The minimum Gasteiger partial charge on any atom is -0.303 e. The molecule has 3 rings (SSSR count). The van der Waals surface area contributed by atoms with Gasteiger partial charge in [-0.25, -0.2) is 0 Å². The van der Waals surface area contributed by atoms with Crippen LogP contribution in [0.1, 0.15) is 37.3 Å². The second-order valence-corrected chi connectivity index (χ2v) is 8.50. The highest BCUT2D eigenvalue weighted by atomic mass is 35.5. The molecule has 0 bridgehead atoms. The van der Waals surface area contributed by atoms with Crippen LogP contribution in [-0.2, 0) is 10.2 Å². The van der Waals surface area contributed by atoms with E-state index in [4.69, 9.17) is 0 Å². The highest BCUT2D eigenvalue weighted by Gasteiger charge is 2.38. The Labute approximate surface area is 152 Å². The summed E-state index contributed by atoms with van der Waals surface area (Å²) in [6.45, 7) is 3.43. The number of hydrogen-bond acceptors (Lipinski definition) is 3. The van der Waals surface area contributed by atoms with E-state index in [-0.39, 0.29) is 18.4 Å². The highest BCUT2D eigenvalue weighted by molar-refractivity contribution is 7.86. The molecular weight excluding hydrogens is 346 g/mol. The summed E-state index contributed by atoms with van der Waals surface area (Å²) in [6.07, 6.45) is 4.22. The zero-order valence-electron chi connectivity index (χ0n) is 14.3. The minimum atomic E-state index is -3.39. The van der Waals surface area contributed by atoms with Gasteiger partial charge in [-0.3, -0.25) is 0 Å². The third-order valence-electron chi connectivity index (χ3n) is 4.91. The molecule has 0 radical (unpaired) electrons. The van der Waals surface area contributed by atoms with Gasteiger partial charge in [0.15, 0.2) is 0 Å². The Morgan fingerprint density at radius 3 is 2.17 bits per heavy atom. The summed E-state index contributed by atoms with van der Waals surface area (Å²) in [4.78, 5) is 2.21. The highest BCUT2D eigenvalue weighted by Crippen LogP contribution is 2.29. The van der Waals surface area contributed by atoms with Gasteiger partial charge in [-0.2, -0.15) is 17.0 Å². The fraction of sp³-hybridized carbons (Fsp3) is 0.647. The molecule has 1 unspecified atom stereocenters. The first-order chi connectivity index (χ1) is 11.1. The molecule has 2 saturated heterocycles. The number of piperazine rings is 1. The van der Waals surface area contributed by atoms with Crippen molar-refractivity contribution in [2.75, 3.05) is 39.8 Å². The van der Waals surface area contributed by atoms with Crippen LogP contribution in [0.5, 0.6) is 0 Å². The van der Waals surface area contributed by atoms with Gasteiger partial charge < -0.3 is 4.90 Å². The van der Waals surface area contributed by atoms with Crippen LogP contribution in [0.25, 0.3) is 0 Å². The van der Waals surface area contributed by atoms with Crippen molar-refractivity contribution < 1.29 is 8.42 Å². The van der Waals surface area contributed by atoms with Gasteiger partial charge >= 0.3 is 0 Å². The van der Waals surface area contributed by atoms with Crippen molar-refractivity contribution in [1.82, 2.24) is 13.5 Å². The van der Waals surface area contributed by atoms with Gasteiger partial charge in [-0.15, -0.1) is 12.4 Å². The molecule has 0 amide bonds. The molecule has 2 heterocycles. The molecule has 24 heavy (non-hydrogen) atoms. The Morgan fingerprint density at radius 1 is 0.917 bits per heavy atom. The molecule has 136 valence electrons. The van der Waals surface area contributed by atoms with E-state index in [1.165, 1.54) is 0 Å². The molecule has 1 aromatic carbocycles. The van der Waals surface area contributed by atoms with Gasteiger partial charge in [-0.1, -0.05) is 43.2 Å². The van der Waals surface area contributed by atoms with E-state index in [0.717, 1.165) is 44.3 Å². The molecule has 0 aromatic heterocycles. The van der Waals surface area contributed by atoms with Crippen LogP contribution >= 0.6 is 12.4 Å². The number of halogens is 1. The van der Waals surface area contributed by atoms with Gasteiger partial charge in [0.05, 0.1) is 6.04 Å². The first kappa shape index (κ1) is 19.7. The Kier molecular flexibility index (Phi) is 7.07. The summed E-state index contributed by atoms with van der Waals surface area (Å²) < 4.78 is 29.9. The molecule has 7 heteroatoms. The lowest BCUT2D eigenvalue weighted by atomic mass is 10.1. The van der Waals surface area contributed by atoms with Crippen molar-refractivity contribution in [3.63, 3.8) is 0 Å². The van der Waals surface area contributed by atoms with Gasteiger partial charge in [0.2, 0.25) is 0 Å². The maximum absolute atomic E-state index is 13.2. The Morgan fingerprint density at radius 2 is 1.54 bits per heavy atom. The quantitative estimate of drug-likeness (QED) is 0.817. The number of benzene rings is 1. The summed E-state index contributed by atoms with van der Waals surface area (Å²) in [7, 11) is -1.33. The van der Waals surface area contributed by atoms with E-state index in [2.05, 4.69) is 11.9 Å². The van der Waals surface area contributed by atoms with Crippen LogP contribution in [0, 0.1) is 0 Å².